The molecule has 0 aliphatic carbocycles. The molecular formula is C20H23N3O. The highest BCUT2D eigenvalue weighted by molar-refractivity contribution is 5.96. The summed E-state index contributed by atoms with van der Waals surface area (Å²) in [6, 6.07) is 14.8. The number of nitrogens with zero attached hydrogens (tertiary/aromatic N) is 3. The molecule has 1 aromatic heterocycles. The Balaban J connectivity index is 1.43. The van der Waals surface area contributed by atoms with Crippen LogP contribution in [-0.2, 0) is 6.54 Å². The molecule has 4 heteroatoms. The number of benzene rings is 1. The molecule has 1 amide bonds. The molecule has 3 saturated heterocycles. The monoisotopic (exact) mass is 321 g/mol. The first kappa shape index (κ1) is 15.3. The molecule has 24 heavy (non-hydrogen) atoms. The van der Waals surface area contributed by atoms with E-state index in [2.05, 4.69) is 26.9 Å². The van der Waals surface area contributed by atoms with Crippen LogP contribution >= 0.6 is 0 Å². The van der Waals surface area contributed by atoms with Gasteiger partial charge in [-0.15, -0.1) is 0 Å². The van der Waals surface area contributed by atoms with E-state index < -0.39 is 0 Å². The highest BCUT2D eigenvalue weighted by atomic mass is 16.2. The first-order valence-electron chi connectivity index (χ1n) is 8.65. The zero-order valence-electron chi connectivity index (χ0n) is 14.3. The fourth-order valence-electron chi connectivity index (χ4n) is 4.03. The molecule has 0 spiro atoms. The van der Waals surface area contributed by atoms with Crippen molar-refractivity contribution in [3.8, 4) is 0 Å². The Morgan fingerprint density at radius 3 is 2.54 bits per heavy atom. The van der Waals surface area contributed by atoms with Crippen molar-refractivity contribution in [1.82, 2.24) is 14.8 Å². The Hall–Kier alpha value is -2.20. The lowest BCUT2D eigenvalue weighted by Crippen LogP contribution is -2.69. The van der Waals surface area contributed by atoms with E-state index in [-0.39, 0.29) is 5.91 Å². The van der Waals surface area contributed by atoms with Crippen molar-refractivity contribution in [3.63, 3.8) is 0 Å². The van der Waals surface area contributed by atoms with Gasteiger partial charge in [-0.2, -0.15) is 0 Å². The number of rotatable bonds is 3. The Labute approximate surface area is 143 Å². The number of fused-ring (bicyclic) bond motifs is 2. The summed E-state index contributed by atoms with van der Waals surface area (Å²) in [5, 5.41) is 0. The van der Waals surface area contributed by atoms with Crippen molar-refractivity contribution in [2.45, 2.75) is 38.9 Å². The molecule has 4 nitrogen and oxygen atoms in total. The molecule has 2 atom stereocenters. The van der Waals surface area contributed by atoms with Crippen LogP contribution in [0.25, 0.3) is 0 Å². The third kappa shape index (κ3) is 2.71. The summed E-state index contributed by atoms with van der Waals surface area (Å²) < 4.78 is 0. The van der Waals surface area contributed by atoms with Crippen molar-refractivity contribution in [3.05, 3.63) is 65.0 Å². The Morgan fingerprint density at radius 1 is 1.08 bits per heavy atom. The number of pyridine rings is 1. The number of aryl methyl sites for hydroxylation is 2. The number of amides is 1. The molecule has 3 fully saturated rings. The molecule has 124 valence electrons. The first-order valence-corrected chi connectivity index (χ1v) is 8.65. The second-order valence-electron chi connectivity index (χ2n) is 7.04. The topological polar surface area (TPSA) is 36.4 Å². The molecule has 0 N–H and O–H groups in total. The Bertz CT molecular complexity index is 761. The van der Waals surface area contributed by atoms with Gasteiger partial charge in [0.25, 0.3) is 5.91 Å². The number of piperazine rings is 1. The van der Waals surface area contributed by atoms with Crippen molar-refractivity contribution >= 4 is 5.91 Å². The van der Waals surface area contributed by atoms with Gasteiger partial charge in [-0.3, -0.25) is 14.7 Å². The van der Waals surface area contributed by atoms with Gasteiger partial charge in [-0.25, -0.2) is 0 Å². The zero-order chi connectivity index (χ0) is 16.7. The van der Waals surface area contributed by atoms with Crippen LogP contribution in [0.3, 0.4) is 0 Å². The van der Waals surface area contributed by atoms with Crippen LogP contribution in [0.2, 0.25) is 0 Å². The smallest absolute Gasteiger partial charge is 0.254 e. The van der Waals surface area contributed by atoms with E-state index in [1.165, 1.54) is 0 Å². The van der Waals surface area contributed by atoms with E-state index in [0.717, 1.165) is 48.6 Å². The summed E-state index contributed by atoms with van der Waals surface area (Å²) in [6.45, 7) is 6.81. The van der Waals surface area contributed by atoms with Gasteiger partial charge in [0.1, 0.15) is 0 Å². The van der Waals surface area contributed by atoms with Crippen molar-refractivity contribution in [2.75, 3.05) is 13.1 Å². The molecule has 2 aromatic rings. The summed E-state index contributed by atoms with van der Waals surface area (Å²) in [5.74, 6) is 0.197. The number of carbonyl (C=O) groups excluding carboxylic acids is 1. The van der Waals surface area contributed by atoms with E-state index in [0.29, 0.717) is 12.1 Å². The lowest BCUT2D eigenvalue weighted by Gasteiger charge is -2.56. The Morgan fingerprint density at radius 2 is 1.83 bits per heavy atom. The fourth-order valence-corrected chi connectivity index (χ4v) is 4.03. The SMILES string of the molecule is Cc1cccc(CN2CC3CC(C2)N3C(=O)c2ccccc2C)n1. The second kappa shape index (κ2) is 6.02. The average Bonchev–Trinajstić information content (AvgIpc) is 2.55. The van der Waals surface area contributed by atoms with Gasteiger partial charge in [-0.05, 0) is 44.0 Å². The number of hydrogen-bond acceptors (Lipinski definition) is 3. The lowest BCUT2D eigenvalue weighted by molar-refractivity contribution is -0.0503. The number of hydrogen-bond donors (Lipinski definition) is 0. The molecular weight excluding hydrogens is 298 g/mol. The van der Waals surface area contributed by atoms with Gasteiger partial charge in [0, 0.05) is 43.0 Å². The predicted octanol–water partition coefficient (Wildman–Crippen LogP) is 2.80. The fraction of sp³-hybridized carbons (Fsp3) is 0.400. The highest BCUT2D eigenvalue weighted by Gasteiger charge is 2.47. The van der Waals surface area contributed by atoms with E-state index >= 15 is 0 Å². The molecule has 2 bridgehead atoms. The van der Waals surface area contributed by atoms with Crippen LogP contribution in [0.1, 0.15) is 33.7 Å². The van der Waals surface area contributed by atoms with Crippen LogP contribution in [0.4, 0.5) is 0 Å². The number of piperidine rings is 1. The number of carbonyl (C=O) groups is 1. The summed E-state index contributed by atoms with van der Waals surface area (Å²) in [7, 11) is 0. The van der Waals surface area contributed by atoms with Gasteiger partial charge >= 0.3 is 0 Å². The highest BCUT2D eigenvalue weighted by Crippen LogP contribution is 2.34. The minimum atomic E-state index is 0.197. The maximum absolute atomic E-state index is 12.9. The standard InChI is InChI=1S/C20H23N3O/c1-14-6-3-4-9-19(14)20(24)23-17-10-18(23)13-22(12-17)11-16-8-5-7-15(2)21-16/h3-9,17-18H,10-13H2,1-2H3. The summed E-state index contributed by atoms with van der Waals surface area (Å²) >= 11 is 0. The molecule has 4 heterocycles. The van der Waals surface area contributed by atoms with E-state index in [1.807, 2.05) is 44.2 Å². The molecule has 5 rings (SSSR count). The van der Waals surface area contributed by atoms with Crippen LogP contribution in [0.15, 0.2) is 42.5 Å². The quantitative estimate of drug-likeness (QED) is 0.872. The Kier molecular flexibility index (Phi) is 3.85. The number of aromatic nitrogens is 1. The molecule has 3 aliphatic heterocycles. The molecule has 1 aromatic carbocycles. The largest absolute Gasteiger partial charge is 0.330 e. The second-order valence-corrected chi connectivity index (χ2v) is 7.04. The van der Waals surface area contributed by atoms with E-state index in [1.54, 1.807) is 0 Å². The maximum atomic E-state index is 12.9. The maximum Gasteiger partial charge on any atom is 0.254 e. The van der Waals surface area contributed by atoms with Crippen molar-refractivity contribution < 1.29 is 4.79 Å². The van der Waals surface area contributed by atoms with E-state index in [4.69, 9.17) is 0 Å². The lowest BCUT2D eigenvalue weighted by atomic mass is 9.86. The third-order valence-corrected chi connectivity index (χ3v) is 5.21. The van der Waals surface area contributed by atoms with Crippen LogP contribution < -0.4 is 0 Å². The molecule has 3 aliphatic rings. The van der Waals surface area contributed by atoms with Gasteiger partial charge in [0.2, 0.25) is 0 Å². The van der Waals surface area contributed by atoms with E-state index in [9.17, 15) is 4.79 Å². The van der Waals surface area contributed by atoms with Crippen LogP contribution in [0.5, 0.6) is 0 Å². The molecule has 2 unspecified atom stereocenters. The van der Waals surface area contributed by atoms with Gasteiger partial charge < -0.3 is 4.90 Å². The third-order valence-electron chi connectivity index (χ3n) is 5.21. The summed E-state index contributed by atoms with van der Waals surface area (Å²) in [5.41, 5.74) is 4.09. The van der Waals surface area contributed by atoms with Gasteiger partial charge in [-0.1, -0.05) is 24.3 Å². The van der Waals surface area contributed by atoms with Gasteiger partial charge in [0.05, 0.1) is 5.69 Å². The van der Waals surface area contributed by atoms with Crippen molar-refractivity contribution in [1.29, 1.82) is 0 Å². The zero-order valence-corrected chi connectivity index (χ0v) is 14.3. The minimum Gasteiger partial charge on any atom is -0.330 e. The summed E-state index contributed by atoms with van der Waals surface area (Å²) in [4.78, 5) is 22.0. The van der Waals surface area contributed by atoms with Crippen LogP contribution in [-0.4, -0.2) is 45.9 Å². The van der Waals surface area contributed by atoms with Crippen molar-refractivity contribution in [2.24, 2.45) is 0 Å². The normalized spacial score (nSPS) is 23.0. The molecule has 0 saturated carbocycles. The molecule has 0 radical (unpaired) electrons. The van der Waals surface area contributed by atoms with Crippen LogP contribution in [0, 0.1) is 13.8 Å². The average molecular weight is 321 g/mol. The summed E-state index contributed by atoms with van der Waals surface area (Å²) in [6.07, 6.45) is 1.13. The minimum absolute atomic E-state index is 0.197. The predicted molar refractivity (Wildman–Crippen MR) is 93.8 cm³/mol. The first-order chi connectivity index (χ1) is 11.6. The van der Waals surface area contributed by atoms with Gasteiger partial charge in [0.15, 0.2) is 0 Å².